The third kappa shape index (κ3) is 4.45. The molecule has 5 rings (SSSR count). The molecule has 31 heavy (non-hydrogen) atoms. The van der Waals surface area contributed by atoms with Crippen LogP contribution in [0.1, 0.15) is 17.8 Å². The molecule has 0 amide bonds. The number of piperazine rings is 1. The number of aryl methyl sites for hydroxylation is 1. The van der Waals surface area contributed by atoms with E-state index >= 15 is 0 Å². The number of nitrogens with zero attached hydrogens (tertiary/aromatic N) is 3. The highest BCUT2D eigenvalue weighted by Gasteiger charge is 2.20. The van der Waals surface area contributed by atoms with Crippen molar-refractivity contribution in [1.29, 1.82) is 0 Å². The van der Waals surface area contributed by atoms with Crippen LogP contribution in [0.25, 0.3) is 21.3 Å². The number of H-pyrrole nitrogens is 1. The Morgan fingerprint density at radius 2 is 2.03 bits per heavy atom. The van der Waals surface area contributed by atoms with Gasteiger partial charge in [-0.1, -0.05) is 6.07 Å². The molecule has 1 N–H and O–H groups in total. The highest BCUT2D eigenvalue weighted by Crippen LogP contribution is 2.27. The summed E-state index contributed by atoms with van der Waals surface area (Å²) in [5.41, 5.74) is 3.43. The van der Waals surface area contributed by atoms with Crippen molar-refractivity contribution in [3.05, 3.63) is 52.0 Å². The summed E-state index contributed by atoms with van der Waals surface area (Å²) in [6.45, 7) is 7.70. The standard InChI is InChI=1S/C23H26N4O3S/c1-16-24-19-15-17(7-8-21(19)31-16)29-14-3-2-9-26-10-12-27(13-11-26)20-6-4-5-18-22(20)30-23(28)25-18/h4-8,15H,2-3,9-14H2,1H3,(H,25,28). The number of rotatable bonds is 7. The van der Waals surface area contributed by atoms with Gasteiger partial charge in [0, 0.05) is 32.2 Å². The van der Waals surface area contributed by atoms with Crippen molar-refractivity contribution < 1.29 is 9.15 Å². The number of aromatic amines is 1. The molecule has 8 heteroatoms. The van der Waals surface area contributed by atoms with Crippen molar-refractivity contribution in [2.45, 2.75) is 19.8 Å². The van der Waals surface area contributed by atoms with Crippen LogP contribution in [0.4, 0.5) is 5.69 Å². The number of anilines is 1. The van der Waals surface area contributed by atoms with Gasteiger partial charge in [0.15, 0.2) is 5.58 Å². The molecule has 0 radical (unpaired) electrons. The lowest BCUT2D eigenvalue weighted by Crippen LogP contribution is -2.46. The van der Waals surface area contributed by atoms with Crippen molar-refractivity contribution >= 4 is 38.3 Å². The molecule has 2 aromatic carbocycles. The smallest absolute Gasteiger partial charge is 0.417 e. The minimum absolute atomic E-state index is 0.398. The minimum atomic E-state index is -0.398. The van der Waals surface area contributed by atoms with E-state index in [4.69, 9.17) is 9.15 Å². The fraction of sp³-hybridized carbons (Fsp3) is 0.391. The highest BCUT2D eigenvalue weighted by atomic mass is 32.1. The summed E-state index contributed by atoms with van der Waals surface area (Å²) in [7, 11) is 0. The van der Waals surface area contributed by atoms with Gasteiger partial charge in [-0.05, 0) is 50.6 Å². The summed E-state index contributed by atoms with van der Waals surface area (Å²) in [5, 5.41) is 1.08. The van der Waals surface area contributed by atoms with E-state index in [1.165, 1.54) is 4.70 Å². The monoisotopic (exact) mass is 438 g/mol. The first-order valence-electron chi connectivity index (χ1n) is 10.7. The molecule has 2 aromatic heterocycles. The number of ether oxygens (including phenoxy) is 1. The molecule has 0 aliphatic carbocycles. The summed E-state index contributed by atoms with van der Waals surface area (Å²) in [6, 6.07) is 12.0. The fourth-order valence-electron chi connectivity index (χ4n) is 4.16. The van der Waals surface area contributed by atoms with E-state index in [0.29, 0.717) is 5.58 Å². The third-order valence-corrected chi connectivity index (χ3v) is 6.69. The largest absolute Gasteiger partial charge is 0.494 e. The van der Waals surface area contributed by atoms with Gasteiger partial charge >= 0.3 is 5.76 Å². The Balaban J connectivity index is 1.06. The quantitative estimate of drug-likeness (QED) is 0.439. The summed E-state index contributed by atoms with van der Waals surface area (Å²) in [4.78, 5) is 23.6. The Hall–Kier alpha value is -2.84. The number of aromatic nitrogens is 2. The summed E-state index contributed by atoms with van der Waals surface area (Å²) in [5.74, 6) is 0.502. The van der Waals surface area contributed by atoms with Gasteiger partial charge in [0.2, 0.25) is 0 Å². The number of fused-ring (bicyclic) bond motifs is 2. The second kappa shape index (κ2) is 8.72. The number of hydrogen-bond acceptors (Lipinski definition) is 7. The van der Waals surface area contributed by atoms with Crippen LogP contribution in [0.2, 0.25) is 0 Å². The molecule has 3 heterocycles. The Bertz CT molecular complexity index is 1240. The molecule has 4 aromatic rings. The van der Waals surface area contributed by atoms with Crippen molar-refractivity contribution in [3.8, 4) is 5.75 Å². The summed E-state index contributed by atoms with van der Waals surface area (Å²) in [6.07, 6.45) is 2.14. The van der Waals surface area contributed by atoms with E-state index in [0.717, 1.165) is 79.7 Å². The molecule has 0 atom stereocenters. The summed E-state index contributed by atoms with van der Waals surface area (Å²) >= 11 is 1.71. The number of unbranched alkanes of at least 4 members (excludes halogenated alkanes) is 1. The van der Waals surface area contributed by atoms with Crippen molar-refractivity contribution in [2.24, 2.45) is 0 Å². The molecule has 1 saturated heterocycles. The number of para-hydroxylation sites is 1. The van der Waals surface area contributed by atoms with Crippen molar-refractivity contribution in [1.82, 2.24) is 14.9 Å². The Morgan fingerprint density at radius 1 is 1.16 bits per heavy atom. The van der Waals surface area contributed by atoms with E-state index in [9.17, 15) is 4.79 Å². The third-order valence-electron chi connectivity index (χ3n) is 5.74. The number of oxazole rings is 1. The zero-order valence-electron chi connectivity index (χ0n) is 17.6. The molecule has 1 aliphatic heterocycles. The van der Waals surface area contributed by atoms with Gasteiger partial charge in [-0.2, -0.15) is 0 Å². The molecule has 162 valence electrons. The van der Waals surface area contributed by atoms with Gasteiger partial charge < -0.3 is 14.1 Å². The van der Waals surface area contributed by atoms with Crippen LogP contribution in [0.5, 0.6) is 5.75 Å². The van der Waals surface area contributed by atoms with Crippen LogP contribution in [-0.4, -0.2) is 54.2 Å². The van der Waals surface area contributed by atoms with Gasteiger partial charge in [0.1, 0.15) is 5.75 Å². The predicted molar refractivity (Wildman–Crippen MR) is 125 cm³/mol. The first-order chi connectivity index (χ1) is 15.2. The van der Waals surface area contributed by atoms with Gasteiger partial charge in [-0.15, -0.1) is 11.3 Å². The fourth-order valence-corrected chi connectivity index (χ4v) is 4.97. The second-order valence-corrected chi connectivity index (χ2v) is 9.15. The average Bonchev–Trinajstić information content (AvgIpc) is 3.34. The molecular weight excluding hydrogens is 412 g/mol. The van der Waals surface area contributed by atoms with Crippen molar-refractivity contribution in [2.75, 3.05) is 44.2 Å². The Morgan fingerprint density at radius 3 is 2.90 bits per heavy atom. The zero-order chi connectivity index (χ0) is 21.2. The molecule has 0 spiro atoms. The molecule has 1 fully saturated rings. The van der Waals surface area contributed by atoms with Crippen LogP contribution in [-0.2, 0) is 0 Å². The molecule has 7 nitrogen and oxygen atoms in total. The number of hydrogen-bond donors (Lipinski definition) is 1. The van der Waals surface area contributed by atoms with Crippen LogP contribution < -0.4 is 15.4 Å². The maximum absolute atomic E-state index is 11.5. The van der Waals surface area contributed by atoms with Gasteiger partial charge in [-0.3, -0.25) is 9.88 Å². The van der Waals surface area contributed by atoms with Gasteiger partial charge in [0.25, 0.3) is 0 Å². The van der Waals surface area contributed by atoms with E-state index in [-0.39, 0.29) is 0 Å². The first-order valence-corrected chi connectivity index (χ1v) is 11.6. The molecule has 0 saturated carbocycles. The van der Waals surface area contributed by atoms with Crippen LogP contribution in [0, 0.1) is 6.92 Å². The Kier molecular flexibility index (Phi) is 5.65. The van der Waals surface area contributed by atoms with E-state index < -0.39 is 5.76 Å². The Labute approximate surface area is 184 Å². The van der Waals surface area contributed by atoms with E-state index in [2.05, 4.69) is 25.8 Å². The first kappa shape index (κ1) is 20.1. The number of nitrogens with one attached hydrogen (secondary N) is 1. The number of thiazole rings is 1. The zero-order valence-corrected chi connectivity index (χ0v) is 18.4. The van der Waals surface area contributed by atoms with Crippen LogP contribution in [0.15, 0.2) is 45.6 Å². The second-order valence-electron chi connectivity index (χ2n) is 7.92. The van der Waals surface area contributed by atoms with Gasteiger partial charge in [-0.25, -0.2) is 9.78 Å². The van der Waals surface area contributed by atoms with Gasteiger partial charge in [0.05, 0.1) is 33.0 Å². The lowest BCUT2D eigenvalue weighted by molar-refractivity contribution is 0.238. The molecular formula is C23H26N4O3S. The van der Waals surface area contributed by atoms with Crippen LogP contribution in [0.3, 0.4) is 0 Å². The lowest BCUT2D eigenvalue weighted by atomic mass is 10.2. The SMILES string of the molecule is Cc1nc2cc(OCCCCN3CCN(c4cccc5[nH]c(=O)oc45)CC3)ccc2s1. The number of benzene rings is 2. The molecule has 0 unspecified atom stereocenters. The summed E-state index contributed by atoms with van der Waals surface area (Å²) < 4.78 is 12.5. The predicted octanol–water partition coefficient (Wildman–Crippen LogP) is 4.02. The highest BCUT2D eigenvalue weighted by molar-refractivity contribution is 7.18. The van der Waals surface area contributed by atoms with Crippen molar-refractivity contribution in [3.63, 3.8) is 0 Å². The lowest BCUT2D eigenvalue weighted by Gasteiger charge is -2.36. The minimum Gasteiger partial charge on any atom is -0.494 e. The van der Waals surface area contributed by atoms with Crippen LogP contribution >= 0.6 is 11.3 Å². The average molecular weight is 439 g/mol. The molecule has 0 bridgehead atoms. The topological polar surface area (TPSA) is 74.6 Å². The van der Waals surface area contributed by atoms with E-state index in [1.54, 1.807) is 11.3 Å². The van der Waals surface area contributed by atoms with E-state index in [1.807, 2.05) is 37.3 Å². The molecule has 1 aliphatic rings. The normalized spacial score (nSPS) is 15.2. The maximum atomic E-state index is 11.5. The maximum Gasteiger partial charge on any atom is 0.417 e.